The highest BCUT2D eigenvalue weighted by Crippen LogP contribution is 2.15. The van der Waals surface area contributed by atoms with E-state index in [2.05, 4.69) is 4.74 Å². The van der Waals surface area contributed by atoms with Crippen LogP contribution in [0.2, 0.25) is 0 Å². The zero-order valence-corrected chi connectivity index (χ0v) is 8.10. The molecule has 0 aromatic heterocycles. The molecule has 0 aliphatic carbocycles. The molecule has 15 heavy (non-hydrogen) atoms. The van der Waals surface area contributed by atoms with Crippen molar-refractivity contribution in [2.24, 2.45) is 0 Å². The Balaban J connectivity index is 2.44. The van der Waals surface area contributed by atoms with E-state index in [1.165, 1.54) is 31.2 Å². The number of hydrogen-bond acceptors (Lipinski definition) is 5. The molecule has 0 aliphatic heterocycles. The van der Waals surface area contributed by atoms with Gasteiger partial charge in [0, 0.05) is 6.92 Å². The zero-order valence-electron chi connectivity index (χ0n) is 8.10. The number of hydrogen-bond donors (Lipinski definition) is 1. The molecular weight excluding hydrogens is 200 g/mol. The number of phenolic OH excluding ortho intramolecular Hbond substituents is 1. The summed E-state index contributed by atoms with van der Waals surface area (Å²) >= 11 is 0. The fourth-order valence-corrected chi connectivity index (χ4v) is 0.836. The SMILES string of the molecule is CC(=O)OCC(=O)Oc1ccc(O)cc1. The lowest BCUT2D eigenvalue weighted by Gasteiger charge is -2.03. The van der Waals surface area contributed by atoms with Gasteiger partial charge >= 0.3 is 11.9 Å². The Morgan fingerprint density at radius 2 is 1.87 bits per heavy atom. The van der Waals surface area contributed by atoms with Crippen LogP contribution >= 0.6 is 0 Å². The van der Waals surface area contributed by atoms with Gasteiger partial charge in [0.15, 0.2) is 6.61 Å². The van der Waals surface area contributed by atoms with Crippen molar-refractivity contribution in [3.8, 4) is 11.5 Å². The van der Waals surface area contributed by atoms with E-state index in [4.69, 9.17) is 9.84 Å². The van der Waals surface area contributed by atoms with Crippen molar-refractivity contribution in [2.45, 2.75) is 6.92 Å². The van der Waals surface area contributed by atoms with Crippen molar-refractivity contribution < 1.29 is 24.2 Å². The molecule has 0 bridgehead atoms. The van der Waals surface area contributed by atoms with Crippen LogP contribution in [0.25, 0.3) is 0 Å². The second kappa shape index (κ2) is 4.99. The first-order chi connectivity index (χ1) is 7.08. The van der Waals surface area contributed by atoms with Crippen LogP contribution in [0.5, 0.6) is 11.5 Å². The van der Waals surface area contributed by atoms with Gasteiger partial charge in [-0.05, 0) is 24.3 Å². The van der Waals surface area contributed by atoms with Gasteiger partial charge < -0.3 is 14.6 Å². The van der Waals surface area contributed by atoms with Crippen molar-refractivity contribution in [3.05, 3.63) is 24.3 Å². The van der Waals surface area contributed by atoms with Gasteiger partial charge in [-0.25, -0.2) is 4.79 Å². The molecule has 0 spiro atoms. The largest absolute Gasteiger partial charge is 0.508 e. The van der Waals surface area contributed by atoms with Crippen LogP contribution in [0, 0.1) is 0 Å². The van der Waals surface area contributed by atoms with E-state index in [0.29, 0.717) is 0 Å². The van der Waals surface area contributed by atoms with Crippen LogP contribution in [0.4, 0.5) is 0 Å². The Bertz CT molecular complexity index is 355. The lowest BCUT2D eigenvalue weighted by Crippen LogP contribution is -2.17. The summed E-state index contributed by atoms with van der Waals surface area (Å²) in [5.41, 5.74) is 0. The molecule has 1 aromatic rings. The van der Waals surface area contributed by atoms with Crippen molar-refractivity contribution >= 4 is 11.9 Å². The third-order valence-corrected chi connectivity index (χ3v) is 1.46. The number of aromatic hydroxyl groups is 1. The summed E-state index contributed by atoms with van der Waals surface area (Å²) in [5.74, 6) is -0.853. The standard InChI is InChI=1S/C10H10O5/c1-7(11)14-6-10(13)15-9-4-2-8(12)3-5-9/h2-5,12H,6H2,1H3. The Labute approximate surface area is 86.2 Å². The van der Waals surface area contributed by atoms with Crippen LogP contribution in [-0.4, -0.2) is 23.7 Å². The number of rotatable bonds is 3. The average molecular weight is 210 g/mol. The normalized spacial score (nSPS) is 9.40. The van der Waals surface area contributed by atoms with Crippen molar-refractivity contribution in [2.75, 3.05) is 6.61 Å². The molecule has 0 radical (unpaired) electrons. The molecule has 0 atom stereocenters. The minimum absolute atomic E-state index is 0.0785. The molecule has 80 valence electrons. The first-order valence-electron chi connectivity index (χ1n) is 4.21. The average Bonchev–Trinajstić information content (AvgIpc) is 2.19. The monoisotopic (exact) mass is 210 g/mol. The van der Waals surface area contributed by atoms with Gasteiger partial charge in [-0.2, -0.15) is 0 Å². The van der Waals surface area contributed by atoms with Crippen molar-refractivity contribution in [3.63, 3.8) is 0 Å². The number of esters is 2. The highest BCUT2D eigenvalue weighted by Gasteiger charge is 2.06. The molecule has 1 aromatic carbocycles. The fourth-order valence-electron chi connectivity index (χ4n) is 0.836. The van der Waals surface area contributed by atoms with Crippen LogP contribution < -0.4 is 4.74 Å². The summed E-state index contributed by atoms with van der Waals surface area (Å²) in [5, 5.41) is 8.96. The Morgan fingerprint density at radius 3 is 2.40 bits per heavy atom. The molecular formula is C10H10O5. The summed E-state index contributed by atoms with van der Waals surface area (Å²) in [6, 6.07) is 5.63. The summed E-state index contributed by atoms with van der Waals surface area (Å²) < 4.78 is 9.23. The van der Waals surface area contributed by atoms with Gasteiger partial charge in [0.2, 0.25) is 0 Å². The van der Waals surface area contributed by atoms with E-state index < -0.39 is 18.5 Å². The fraction of sp³-hybridized carbons (Fsp3) is 0.200. The predicted octanol–water partition coefficient (Wildman–Crippen LogP) is 0.861. The maximum absolute atomic E-state index is 11.0. The Morgan fingerprint density at radius 1 is 1.27 bits per heavy atom. The van der Waals surface area contributed by atoms with Gasteiger partial charge in [0.25, 0.3) is 0 Å². The second-order valence-electron chi connectivity index (χ2n) is 2.75. The van der Waals surface area contributed by atoms with Crippen LogP contribution in [0.3, 0.4) is 0 Å². The minimum Gasteiger partial charge on any atom is -0.508 e. The summed E-state index contributed by atoms with van der Waals surface area (Å²) in [4.78, 5) is 21.4. The molecule has 0 aliphatic rings. The highest BCUT2D eigenvalue weighted by molar-refractivity contribution is 5.77. The maximum Gasteiger partial charge on any atom is 0.349 e. The number of benzene rings is 1. The molecule has 1 N–H and O–H groups in total. The van der Waals surface area contributed by atoms with Crippen molar-refractivity contribution in [1.82, 2.24) is 0 Å². The summed E-state index contributed by atoms with van der Waals surface area (Å²) in [7, 11) is 0. The van der Waals surface area contributed by atoms with Crippen LogP contribution in [-0.2, 0) is 14.3 Å². The Kier molecular flexibility index (Phi) is 3.68. The van der Waals surface area contributed by atoms with Gasteiger partial charge in [0.1, 0.15) is 11.5 Å². The van der Waals surface area contributed by atoms with E-state index in [-0.39, 0.29) is 11.5 Å². The van der Waals surface area contributed by atoms with Gasteiger partial charge in [-0.3, -0.25) is 4.79 Å². The molecule has 5 nitrogen and oxygen atoms in total. The topological polar surface area (TPSA) is 72.8 Å². The number of carbonyl (C=O) groups excluding carboxylic acids is 2. The molecule has 0 unspecified atom stereocenters. The zero-order chi connectivity index (χ0) is 11.3. The van der Waals surface area contributed by atoms with Crippen LogP contribution in [0.1, 0.15) is 6.92 Å². The molecule has 0 amide bonds. The van der Waals surface area contributed by atoms with Crippen molar-refractivity contribution in [1.29, 1.82) is 0 Å². The Hall–Kier alpha value is -2.04. The number of ether oxygens (including phenoxy) is 2. The van der Waals surface area contributed by atoms with Crippen LogP contribution in [0.15, 0.2) is 24.3 Å². The van der Waals surface area contributed by atoms with E-state index in [9.17, 15) is 9.59 Å². The highest BCUT2D eigenvalue weighted by atomic mass is 16.6. The van der Waals surface area contributed by atoms with Gasteiger partial charge in [0.05, 0.1) is 0 Å². The third kappa shape index (κ3) is 4.12. The summed E-state index contributed by atoms with van der Waals surface area (Å²) in [6.45, 7) is 0.782. The predicted molar refractivity (Wildman–Crippen MR) is 50.4 cm³/mol. The number of phenols is 1. The maximum atomic E-state index is 11.0. The minimum atomic E-state index is -0.670. The quantitative estimate of drug-likeness (QED) is 0.591. The first kappa shape index (κ1) is 11.0. The lowest BCUT2D eigenvalue weighted by molar-refractivity contribution is -0.152. The molecule has 5 heteroatoms. The van der Waals surface area contributed by atoms with E-state index in [1.54, 1.807) is 0 Å². The van der Waals surface area contributed by atoms with E-state index in [1.807, 2.05) is 0 Å². The van der Waals surface area contributed by atoms with Gasteiger partial charge in [-0.15, -0.1) is 0 Å². The molecule has 0 saturated heterocycles. The molecule has 0 heterocycles. The van der Waals surface area contributed by atoms with Gasteiger partial charge in [-0.1, -0.05) is 0 Å². The number of carbonyl (C=O) groups is 2. The smallest absolute Gasteiger partial charge is 0.349 e. The lowest BCUT2D eigenvalue weighted by atomic mass is 10.3. The van der Waals surface area contributed by atoms with E-state index in [0.717, 1.165) is 0 Å². The first-order valence-corrected chi connectivity index (χ1v) is 4.21. The van der Waals surface area contributed by atoms with E-state index >= 15 is 0 Å². The molecule has 1 rings (SSSR count). The molecule has 0 fully saturated rings. The molecule has 0 saturated carbocycles. The second-order valence-corrected chi connectivity index (χ2v) is 2.75. The summed E-state index contributed by atoms with van der Waals surface area (Å²) in [6.07, 6.45) is 0. The third-order valence-electron chi connectivity index (χ3n) is 1.46.